The van der Waals surface area contributed by atoms with Crippen molar-refractivity contribution in [2.24, 2.45) is 0 Å². The molecule has 4 heterocycles. The standard InChI is InChI=1S/C42H24N4OS/c1-2-11-26(12-3-1)40-44-41(46-42(45-40)31-16-10-19-34-36(31)29-14-5-8-18-33(29)47-34)27-23-21-25(22-24-27)38-39-37(28-13-4-7-17-32(28)43-38)30-15-6-9-20-35(30)48-39/h1-24H. The van der Waals surface area contributed by atoms with E-state index in [0.717, 1.165) is 55.4 Å². The van der Waals surface area contributed by atoms with Gasteiger partial charge in [-0.3, -0.25) is 0 Å². The highest BCUT2D eigenvalue weighted by Crippen LogP contribution is 2.43. The van der Waals surface area contributed by atoms with Gasteiger partial charge in [-0.15, -0.1) is 11.3 Å². The molecule has 0 aliphatic rings. The Morgan fingerprint density at radius 1 is 0.417 bits per heavy atom. The number of pyridine rings is 1. The number of nitrogens with zero attached hydrogens (tertiary/aromatic N) is 4. The van der Waals surface area contributed by atoms with Crippen LogP contribution < -0.4 is 0 Å². The minimum atomic E-state index is 0.600. The highest BCUT2D eigenvalue weighted by atomic mass is 32.1. The van der Waals surface area contributed by atoms with Crippen molar-refractivity contribution >= 4 is 64.4 Å². The van der Waals surface area contributed by atoms with Gasteiger partial charge in [0.1, 0.15) is 11.2 Å². The van der Waals surface area contributed by atoms with E-state index in [2.05, 4.69) is 84.9 Å². The number of hydrogen-bond donors (Lipinski definition) is 0. The summed E-state index contributed by atoms with van der Waals surface area (Å²) in [4.78, 5) is 20.3. The van der Waals surface area contributed by atoms with Gasteiger partial charge < -0.3 is 4.42 Å². The SMILES string of the molecule is c1ccc(-c2nc(-c3ccc(-c4nc5ccccc5c5c4sc4ccccc45)cc3)nc(-c3cccc4oc5ccccc5c34)n2)cc1. The number of fused-ring (bicyclic) bond motifs is 8. The number of benzene rings is 6. The number of para-hydroxylation sites is 2. The van der Waals surface area contributed by atoms with Crippen molar-refractivity contribution in [1.82, 2.24) is 19.9 Å². The molecule has 0 atom stereocenters. The summed E-state index contributed by atoms with van der Waals surface area (Å²) in [5.41, 5.74) is 7.39. The summed E-state index contributed by atoms with van der Waals surface area (Å²) in [6.07, 6.45) is 0. The zero-order valence-corrected chi connectivity index (χ0v) is 26.3. The van der Waals surface area contributed by atoms with Gasteiger partial charge in [-0.25, -0.2) is 19.9 Å². The fourth-order valence-electron chi connectivity index (χ4n) is 6.71. The van der Waals surface area contributed by atoms with Crippen molar-refractivity contribution in [3.05, 3.63) is 146 Å². The monoisotopic (exact) mass is 632 g/mol. The molecule has 6 heteroatoms. The first-order valence-corrected chi connectivity index (χ1v) is 16.6. The molecule has 0 bridgehead atoms. The maximum Gasteiger partial charge on any atom is 0.164 e. The van der Waals surface area contributed by atoms with Gasteiger partial charge in [0.2, 0.25) is 0 Å². The minimum absolute atomic E-state index is 0.600. The lowest BCUT2D eigenvalue weighted by atomic mass is 10.0. The lowest BCUT2D eigenvalue weighted by molar-refractivity contribution is 0.669. The van der Waals surface area contributed by atoms with Crippen molar-refractivity contribution in [2.75, 3.05) is 0 Å². The summed E-state index contributed by atoms with van der Waals surface area (Å²) in [5.74, 6) is 1.82. The van der Waals surface area contributed by atoms with Gasteiger partial charge in [-0.05, 0) is 24.3 Å². The van der Waals surface area contributed by atoms with Crippen LogP contribution in [-0.2, 0) is 0 Å². The second-order valence-electron chi connectivity index (χ2n) is 11.8. The third-order valence-corrected chi connectivity index (χ3v) is 10.1. The minimum Gasteiger partial charge on any atom is -0.456 e. The summed E-state index contributed by atoms with van der Waals surface area (Å²) in [7, 11) is 0. The molecule has 5 nitrogen and oxygen atoms in total. The molecule has 4 aromatic heterocycles. The topological polar surface area (TPSA) is 64.7 Å². The molecule has 0 N–H and O–H groups in total. The predicted octanol–water partition coefficient (Wildman–Crippen LogP) is 11.4. The molecule has 6 aromatic carbocycles. The Hall–Kier alpha value is -6.24. The van der Waals surface area contributed by atoms with Crippen LogP contribution in [0.25, 0.3) is 98.4 Å². The summed E-state index contributed by atoms with van der Waals surface area (Å²) in [6, 6.07) is 49.7. The fraction of sp³-hybridized carbons (Fsp3) is 0. The number of hydrogen-bond acceptors (Lipinski definition) is 6. The van der Waals surface area contributed by atoms with Crippen LogP contribution in [0.3, 0.4) is 0 Å². The maximum atomic E-state index is 6.20. The van der Waals surface area contributed by atoms with E-state index in [1.807, 2.05) is 60.7 Å². The van der Waals surface area contributed by atoms with Crippen LogP contribution in [0.1, 0.15) is 0 Å². The Kier molecular flexibility index (Phi) is 5.98. The smallest absolute Gasteiger partial charge is 0.164 e. The van der Waals surface area contributed by atoms with Crippen molar-refractivity contribution in [1.29, 1.82) is 0 Å². The molecule has 0 saturated heterocycles. The normalized spacial score (nSPS) is 11.8. The Morgan fingerprint density at radius 3 is 1.88 bits per heavy atom. The van der Waals surface area contributed by atoms with Gasteiger partial charge in [-0.1, -0.05) is 121 Å². The molecule has 0 aliphatic heterocycles. The van der Waals surface area contributed by atoms with Crippen molar-refractivity contribution in [3.63, 3.8) is 0 Å². The third kappa shape index (κ3) is 4.24. The Morgan fingerprint density at radius 2 is 1.04 bits per heavy atom. The van der Waals surface area contributed by atoms with Crippen LogP contribution in [0.2, 0.25) is 0 Å². The zero-order valence-electron chi connectivity index (χ0n) is 25.5. The molecule has 224 valence electrons. The van der Waals surface area contributed by atoms with Crippen LogP contribution in [0, 0.1) is 0 Å². The molecule has 48 heavy (non-hydrogen) atoms. The summed E-state index contributed by atoms with van der Waals surface area (Å²) >= 11 is 1.80. The summed E-state index contributed by atoms with van der Waals surface area (Å²) < 4.78 is 8.65. The molecule has 0 spiro atoms. The van der Waals surface area contributed by atoms with Gasteiger partial charge in [0.25, 0.3) is 0 Å². The molecular weight excluding hydrogens is 609 g/mol. The van der Waals surface area contributed by atoms with Gasteiger partial charge >= 0.3 is 0 Å². The first-order chi connectivity index (χ1) is 23.8. The summed E-state index contributed by atoms with van der Waals surface area (Å²) in [5, 5.41) is 5.73. The van der Waals surface area contributed by atoms with Crippen LogP contribution in [0.15, 0.2) is 150 Å². The highest BCUT2D eigenvalue weighted by molar-refractivity contribution is 7.26. The van der Waals surface area contributed by atoms with Crippen LogP contribution in [0.5, 0.6) is 0 Å². The molecule has 10 aromatic rings. The molecule has 10 rings (SSSR count). The van der Waals surface area contributed by atoms with Crippen molar-refractivity contribution in [3.8, 4) is 45.4 Å². The molecule has 0 amide bonds. The second-order valence-corrected chi connectivity index (χ2v) is 12.9. The fourth-order valence-corrected chi connectivity index (χ4v) is 7.94. The van der Waals surface area contributed by atoms with Gasteiger partial charge in [0, 0.05) is 53.9 Å². The molecular formula is C42H24N4OS. The van der Waals surface area contributed by atoms with Crippen LogP contribution in [0.4, 0.5) is 0 Å². The third-order valence-electron chi connectivity index (χ3n) is 8.94. The first-order valence-electron chi connectivity index (χ1n) is 15.8. The van der Waals surface area contributed by atoms with Gasteiger partial charge in [0.15, 0.2) is 17.5 Å². The van der Waals surface area contributed by atoms with E-state index in [9.17, 15) is 0 Å². The van der Waals surface area contributed by atoms with E-state index in [4.69, 9.17) is 24.4 Å². The quantitative estimate of drug-likeness (QED) is 0.193. The van der Waals surface area contributed by atoms with Crippen LogP contribution >= 0.6 is 11.3 Å². The Labute approximate surface area is 278 Å². The number of furan rings is 1. The lowest BCUT2D eigenvalue weighted by Crippen LogP contribution is -2.00. The van der Waals surface area contributed by atoms with Crippen molar-refractivity contribution in [2.45, 2.75) is 0 Å². The van der Waals surface area contributed by atoms with E-state index in [1.54, 1.807) is 11.3 Å². The number of aromatic nitrogens is 4. The van der Waals surface area contributed by atoms with Gasteiger partial charge in [-0.2, -0.15) is 0 Å². The molecule has 0 aliphatic carbocycles. The second kappa shape index (κ2) is 10.7. The average Bonchev–Trinajstić information content (AvgIpc) is 3.74. The average molecular weight is 633 g/mol. The number of thiophene rings is 1. The molecule has 0 unspecified atom stereocenters. The lowest BCUT2D eigenvalue weighted by Gasteiger charge is -2.10. The zero-order chi connectivity index (χ0) is 31.6. The molecule has 0 fully saturated rings. The largest absolute Gasteiger partial charge is 0.456 e. The Bertz CT molecular complexity index is 2840. The molecule has 0 saturated carbocycles. The highest BCUT2D eigenvalue weighted by Gasteiger charge is 2.19. The Balaban J connectivity index is 1.15. The van der Waals surface area contributed by atoms with Crippen LogP contribution in [-0.4, -0.2) is 19.9 Å². The van der Waals surface area contributed by atoms with E-state index < -0.39 is 0 Å². The van der Waals surface area contributed by atoms with Crippen molar-refractivity contribution < 1.29 is 4.42 Å². The van der Waals surface area contributed by atoms with E-state index in [-0.39, 0.29) is 0 Å². The molecule has 0 radical (unpaired) electrons. The number of rotatable bonds is 4. The summed E-state index contributed by atoms with van der Waals surface area (Å²) in [6.45, 7) is 0. The maximum absolute atomic E-state index is 6.20. The van der Waals surface area contributed by atoms with Gasteiger partial charge in [0.05, 0.1) is 15.9 Å². The van der Waals surface area contributed by atoms with E-state index in [1.165, 1.54) is 25.6 Å². The van der Waals surface area contributed by atoms with E-state index in [0.29, 0.717) is 17.5 Å². The van der Waals surface area contributed by atoms with E-state index >= 15 is 0 Å². The first kappa shape index (κ1) is 26.9. The predicted molar refractivity (Wildman–Crippen MR) is 197 cm³/mol.